The Morgan fingerprint density at radius 2 is 1.54 bits per heavy atom. The zero-order valence-corrected chi connectivity index (χ0v) is 21.0. The number of hydrogen-bond donors (Lipinski definition) is 1. The van der Waals surface area contributed by atoms with Gasteiger partial charge in [0.15, 0.2) is 0 Å². The van der Waals surface area contributed by atoms with Crippen LogP contribution >= 0.6 is 0 Å². The van der Waals surface area contributed by atoms with Crippen molar-refractivity contribution in [2.75, 3.05) is 26.7 Å². The van der Waals surface area contributed by atoms with Crippen molar-refractivity contribution in [3.8, 4) is 5.75 Å². The van der Waals surface area contributed by atoms with Crippen LogP contribution in [0.2, 0.25) is 0 Å². The third kappa shape index (κ3) is 6.75. The number of halogens is 6. The van der Waals surface area contributed by atoms with E-state index >= 15 is 0 Å². The van der Waals surface area contributed by atoms with Gasteiger partial charge in [-0.3, -0.25) is 9.69 Å². The van der Waals surface area contributed by atoms with Crippen molar-refractivity contribution in [2.45, 2.75) is 57.3 Å². The zero-order chi connectivity index (χ0) is 27.6. The van der Waals surface area contributed by atoms with Gasteiger partial charge >= 0.3 is 12.4 Å². The number of amides is 1. The van der Waals surface area contributed by atoms with Gasteiger partial charge in [-0.2, -0.15) is 26.3 Å². The molecule has 37 heavy (non-hydrogen) atoms. The fraction of sp³-hybridized carbons (Fsp3) is 0.500. The van der Waals surface area contributed by atoms with E-state index < -0.39 is 34.9 Å². The lowest BCUT2D eigenvalue weighted by atomic mass is 9.87. The molecule has 1 aliphatic rings. The highest BCUT2D eigenvalue weighted by atomic mass is 19.4. The smallest absolute Gasteiger partial charge is 0.416 e. The van der Waals surface area contributed by atoms with Crippen LogP contribution in [-0.2, 0) is 33.8 Å². The first kappa shape index (κ1) is 28.8. The second-order valence-corrected chi connectivity index (χ2v) is 9.39. The average molecular weight is 533 g/mol. The second kappa shape index (κ2) is 10.9. The summed E-state index contributed by atoms with van der Waals surface area (Å²) in [6, 6.07) is 8.42. The van der Waals surface area contributed by atoms with Crippen molar-refractivity contribution in [3.05, 3.63) is 64.7 Å². The molecule has 11 heteroatoms. The Kier molecular flexibility index (Phi) is 8.48. The molecule has 2 aromatic carbocycles. The van der Waals surface area contributed by atoms with E-state index in [2.05, 4.69) is 5.32 Å². The lowest BCUT2D eigenvalue weighted by Crippen LogP contribution is -2.60. The van der Waals surface area contributed by atoms with E-state index in [1.54, 1.807) is 31.2 Å². The van der Waals surface area contributed by atoms with E-state index in [9.17, 15) is 31.1 Å². The predicted octanol–water partition coefficient (Wildman–Crippen LogP) is 5.42. The highest BCUT2D eigenvalue weighted by Gasteiger charge is 2.44. The van der Waals surface area contributed by atoms with Crippen molar-refractivity contribution < 1.29 is 40.6 Å². The average Bonchev–Trinajstić information content (AvgIpc) is 2.81. The van der Waals surface area contributed by atoms with Crippen molar-refractivity contribution in [1.29, 1.82) is 0 Å². The van der Waals surface area contributed by atoms with Gasteiger partial charge in [0.2, 0.25) is 5.91 Å². The maximum atomic E-state index is 13.6. The minimum absolute atomic E-state index is 0.0860. The summed E-state index contributed by atoms with van der Waals surface area (Å²) >= 11 is 0. The van der Waals surface area contributed by atoms with Crippen molar-refractivity contribution in [1.82, 2.24) is 10.2 Å². The number of nitrogens with zero attached hydrogens (tertiary/aromatic N) is 1. The quantitative estimate of drug-likeness (QED) is 0.485. The Bertz CT molecular complexity index is 1060. The van der Waals surface area contributed by atoms with E-state index in [-0.39, 0.29) is 36.8 Å². The first-order valence-corrected chi connectivity index (χ1v) is 11.8. The number of methoxy groups -OCH3 is 1. The van der Waals surface area contributed by atoms with Gasteiger partial charge in [0.1, 0.15) is 11.3 Å². The number of nitrogens with one attached hydrogen (secondary N) is 1. The van der Waals surface area contributed by atoms with Gasteiger partial charge in [0.05, 0.1) is 30.4 Å². The van der Waals surface area contributed by atoms with Gasteiger partial charge < -0.3 is 14.8 Å². The molecular formula is C26H30F6N2O3. The number of alkyl halides is 6. The summed E-state index contributed by atoms with van der Waals surface area (Å²) in [5.41, 5.74) is -3.53. The SMILES string of the molecule is COc1cccc(C(C)(C(=O)NCCc2cc(C(F)(F)F)cc(C(F)(F)F)c2)N2CC(C)OC(C)C2)c1. The number of carbonyl (C=O) groups is 1. The van der Waals surface area contributed by atoms with Crippen LogP contribution in [0.1, 0.15) is 43.0 Å². The maximum Gasteiger partial charge on any atom is 0.416 e. The molecule has 1 N–H and O–H groups in total. The number of ether oxygens (including phenoxy) is 2. The lowest BCUT2D eigenvalue weighted by molar-refractivity contribution is -0.145. The molecule has 0 aromatic heterocycles. The molecule has 1 amide bonds. The molecule has 204 valence electrons. The molecule has 0 spiro atoms. The van der Waals surface area contributed by atoms with Crippen molar-refractivity contribution in [3.63, 3.8) is 0 Å². The second-order valence-electron chi connectivity index (χ2n) is 9.39. The molecule has 3 rings (SSSR count). The Balaban J connectivity index is 1.87. The van der Waals surface area contributed by atoms with Crippen LogP contribution < -0.4 is 10.1 Å². The summed E-state index contributed by atoms with van der Waals surface area (Å²) in [6.45, 7) is 6.22. The Morgan fingerprint density at radius 3 is 2.05 bits per heavy atom. The third-order valence-corrected chi connectivity index (χ3v) is 6.47. The molecule has 0 bridgehead atoms. The Hall–Kier alpha value is -2.79. The van der Waals surface area contributed by atoms with Gasteiger partial charge in [-0.25, -0.2) is 0 Å². The van der Waals surface area contributed by atoms with Crippen LogP contribution in [-0.4, -0.2) is 49.8 Å². The Morgan fingerprint density at radius 1 is 0.973 bits per heavy atom. The standard InChI is InChI=1S/C26H30F6N2O3/c1-16-14-34(15-17(2)37-16)24(3,19-6-5-7-22(13-19)36-4)23(35)33-9-8-18-10-20(25(27,28)29)12-21(11-18)26(30,31)32/h5-7,10-13,16-17H,8-9,14-15H2,1-4H3,(H,33,35). The summed E-state index contributed by atoms with van der Waals surface area (Å²) < 4.78 is 90.3. The number of benzene rings is 2. The molecule has 1 aliphatic heterocycles. The molecule has 0 saturated carbocycles. The van der Waals surface area contributed by atoms with Crippen LogP contribution in [0.5, 0.6) is 5.75 Å². The number of rotatable bonds is 7. The lowest BCUT2D eigenvalue weighted by Gasteiger charge is -2.46. The minimum Gasteiger partial charge on any atom is -0.497 e. The van der Waals surface area contributed by atoms with E-state index in [0.29, 0.717) is 36.5 Å². The first-order valence-electron chi connectivity index (χ1n) is 11.8. The van der Waals surface area contributed by atoms with E-state index in [1.807, 2.05) is 18.7 Å². The largest absolute Gasteiger partial charge is 0.497 e. The molecule has 1 saturated heterocycles. The predicted molar refractivity (Wildman–Crippen MR) is 125 cm³/mol. The number of morpholine rings is 1. The Labute approximate surface area is 211 Å². The molecular weight excluding hydrogens is 502 g/mol. The topological polar surface area (TPSA) is 50.8 Å². The molecule has 3 unspecified atom stereocenters. The van der Waals surface area contributed by atoms with Crippen LogP contribution in [0.15, 0.2) is 42.5 Å². The fourth-order valence-electron chi connectivity index (χ4n) is 4.58. The third-order valence-electron chi connectivity index (χ3n) is 6.47. The molecule has 2 aromatic rings. The van der Waals surface area contributed by atoms with Crippen LogP contribution in [0.3, 0.4) is 0 Å². The summed E-state index contributed by atoms with van der Waals surface area (Å²) in [4.78, 5) is 15.6. The number of carbonyl (C=O) groups excluding carboxylic acids is 1. The van der Waals surface area contributed by atoms with E-state index in [0.717, 1.165) is 0 Å². The summed E-state index contributed by atoms with van der Waals surface area (Å²) in [6.07, 6.45) is -10.4. The minimum atomic E-state index is -4.94. The van der Waals surface area contributed by atoms with Gasteiger partial charge in [0.25, 0.3) is 0 Å². The molecule has 0 radical (unpaired) electrons. The first-order chi connectivity index (χ1) is 17.1. The molecule has 1 heterocycles. The highest BCUT2D eigenvalue weighted by Crippen LogP contribution is 2.37. The maximum absolute atomic E-state index is 13.6. The van der Waals surface area contributed by atoms with Gasteiger partial charge in [0, 0.05) is 19.6 Å². The molecule has 1 fully saturated rings. The van der Waals surface area contributed by atoms with Gasteiger partial charge in [-0.05, 0) is 68.7 Å². The number of hydrogen-bond acceptors (Lipinski definition) is 4. The molecule has 5 nitrogen and oxygen atoms in total. The molecule has 3 atom stereocenters. The fourth-order valence-corrected chi connectivity index (χ4v) is 4.58. The van der Waals surface area contributed by atoms with Crippen LogP contribution in [0.4, 0.5) is 26.3 Å². The summed E-state index contributed by atoms with van der Waals surface area (Å²) in [5.74, 6) is 0.0969. The monoisotopic (exact) mass is 532 g/mol. The summed E-state index contributed by atoms with van der Waals surface area (Å²) in [5, 5.41) is 2.73. The van der Waals surface area contributed by atoms with Gasteiger partial charge in [-0.1, -0.05) is 12.1 Å². The summed E-state index contributed by atoms with van der Waals surface area (Å²) in [7, 11) is 1.50. The zero-order valence-electron chi connectivity index (χ0n) is 21.0. The van der Waals surface area contributed by atoms with E-state index in [1.165, 1.54) is 7.11 Å². The normalized spacial score (nSPS) is 20.8. The van der Waals surface area contributed by atoms with Crippen molar-refractivity contribution in [2.24, 2.45) is 0 Å². The van der Waals surface area contributed by atoms with Crippen LogP contribution in [0.25, 0.3) is 0 Å². The highest BCUT2D eigenvalue weighted by molar-refractivity contribution is 5.87. The van der Waals surface area contributed by atoms with E-state index in [4.69, 9.17) is 9.47 Å². The van der Waals surface area contributed by atoms with Crippen molar-refractivity contribution >= 4 is 5.91 Å². The molecule has 0 aliphatic carbocycles. The van der Waals surface area contributed by atoms with Crippen LogP contribution in [0, 0.1) is 0 Å². The van der Waals surface area contributed by atoms with Gasteiger partial charge in [-0.15, -0.1) is 0 Å².